The second-order valence-corrected chi connectivity index (χ2v) is 7.58. The third-order valence-electron chi connectivity index (χ3n) is 5.41. The highest BCUT2D eigenvalue weighted by molar-refractivity contribution is 6.29. The Morgan fingerprint density at radius 2 is 2.07 bits per heavy atom. The fourth-order valence-electron chi connectivity index (χ4n) is 3.99. The molecule has 2 aliphatic rings. The largest absolute Gasteiger partial charge is 0.348 e. The average molecular weight is 388 g/mol. The zero-order valence-electron chi connectivity index (χ0n) is 15.2. The second kappa shape index (κ2) is 7.31. The molecule has 3 heterocycles. The van der Waals surface area contributed by atoms with Gasteiger partial charge in [-0.05, 0) is 25.0 Å². The highest BCUT2D eigenvalue weighted by Crippen LogP contribution is 2.25. The number of aryl methyl sites for hydroxylation is 1. The summed E-state index contributed by atoms with van der Waals surface area (Å²) in [7, 11) is 1.85. The summed E-state index contributed by atoms with van der Waals surface area (Å²) in [5.41, 5.74) is 2.79. The molecule has 27 heavy (non-hydrogen) atoms. The number of aromatic nitrogens is 3. The molecule has 0 bridgehead atoms. The molecule has 1 N–H and O–H groups in total. The summed E-state index contributed by atoms with van der Waals surface area (Å²) in [6, 6.07) is 3.45. The van der Waals surface area contributed by atoms with E-state index < -0.39 is 0 Å². The number of hydrogen-bond donors (Lipinski definition) is 1. The van der Waals surface area contributed by atoms with E-state index in [1.54, 1.807) is 21.7 Å². The van der Waals surface area contributed by atoms with Crippen LogP contribution >= 0.6 is 11.6 Å². The Labute approximate surface area is 162 Å². The second-order valence-electron chi connectivity index (χ2n) is 7.20. The zero-order valence-corrected chi connectivity index (χ0v) is 16.0. The lowest BCUT2D eigenvalue weighted by atomic mass is 10.0. The van der Waals surface area contributed by atoms with Gasteiger partial charge < -0.3 is 10.2 Å². The first-order valence-corrected chi connectivity index (χ1v) is 9.67. The van der Waals surface area contributed by atoms with E-state index in [2.05, 4.69) is 15.4 Å². The standard InChI is InChI=1S/C19H22ClN5O2/c1-24-15-7-9-25(19(27)12-6-8-21-16(20)10-12)11-14(15)17(23-24)18(26)22-13-4-2-3-5-13/h6,8,10,13H,2-5,7,9,11H2,1H3,(H,22,26). The maximum Gasteiger partial charge on any atom is 0.272 e. The average Bonchev–Trinajstić information content (AvgIpc) is 3.29. The van der Waals surface area contributed by atoms with Gasteiger partial charge in [-0.2, -0.15) is 5.10 Å². The minimum absolute atomic E-state index is 0.115. The first-order valence-electron chi connectivity index (χ1n) is 9.29. The van der Waals surface area contributed by atoms with Gasteiger partial charge in [0.2, 0.25) is 0 Å². The van der Waals surface area contributed by atoms with Gasteiger partial charge in [0.15, 0.2) is 5.69 Å². The van der Waals surface area contributed by atoms with Crippen LogP contribution in [0.15, 0.2) is 18.3 Å². The van der Waals surface area contributed by atoms with Crippen molar-refractivity contribution < 1.29 is 9.59 Å². The van der Waals surface area contributed by atoms with Crippen molar-refractivity contribution in [3.05, 3.63) is 46.0 Å². The quantitative estimate of drug-likeness (QED) is 0.820. The molecule has 0 unspecified atom stereocenters. The lowest BCUT2D eigenvalue weighted by Gasteiger charge is -2.27. The predicted molar refractivity (Wildman–Crippen MR) is 101 cm³/mol. The molecule has 1 aliphatic carbocycles. The maximum atomic E-state index is 12.8. The Hall–Kier alpha value is -2.41. The molecule has 8 heteroatoms. The van der Waals surface area contributed by atoms with Gasteiger partial charge in [0.05, 0.1) is 6.54 Å². The van der Waals surface area contributed by atoms with Crippen molar-refractivity contribution in [1.82, 2.24) is 25.0 Å². The molecule has 4 rings (SSSR count). The Morgan fingerprint density at radius 1 is 1.30 bits per heavy atom. The van der Waals surface area contributed by atoms with Crippen LogP contribution in [0.4, 0.5) is 0 Å². The van der Waals surface area contributed by atoms with E-state index in [0.717, 1.165) is 36.9 Å². The molecule has 0 radical (unpaired) electrons. The Bertz CT molecular complexity index is 888. The Balaban J connectivity index is 1.56. The van der Waals surface area contributed by atoms with Crippen LogP contribution < -0.4 is 5.32 Å². The molecule has 0 atom stereocenters. The maximum absolute atomic E-state index is 12.8. The van der Waals surface area contributed by atoms with Gasteiger partial charge >= 0.3 is 0 Å². The monoisotopic (exact) mass is 387 g/mol. The predicted octanol–water partition coefficient (Wildman–Crippen LogP) is 2.34. The molecule has 142 valence electrons. The summed E-state index contributed by atoms with van der Waals surface area (Å²) < 4.78 is 1.77. The van der Waals surface area contributed by atoms with Crippen LogP contribution in [-0.4, -0.2) is 44.1 Å². The molecule has 0 spiro atoms. The van der Waals surface area contributed by atoms with Crippen molar-refractivity contribution in [3.63, 3.8) is 0 Å². The Kier molecular flexibility index (Phi) is 4.86. The molecule has 0 saturated heterocycles. The van der Waals surface area contributed by atoms with Crippen molar-refractivity contribution in [1.29, 1.82) is 0 Å². The van der Waals surface area contributed by atoms with Crippen molar-refractivity contribution >= 4 is 23.4 Å². The number of rotatable bonds is 3. The van der Waals surface area contributed by atoms with Crippen LogP contribution in [0.1, 0.15) is 57.8 Å². The minimum Gasteiger partial charge on any atom is -0.348 e. The van der Waals surface area contributed by atoms with Gasteiger partial charge in [0.25, 0.3) is 11.8 Å². The number of carbonyl (C=O) groups is 2. The van der Waals surface area contributed by atoms with Crippen molar-refractivity contribution in [2.24, 2.45) is 7.05 Å². The van der Waals surface area contributed by atoms with Crippen LogP contribution in [-0.2, 0) is 20.0 Å². The number of pyridine rings is 1. The van der Waals surface area contributed by atoms with E-state index in [1.165, 1.54) is 6.20 Å². The van der Waals surface area contributed by atoms with E-state index in [4.69, 9.17) is 11.6 Å². The van der Waals surface area contributed by atoms with Gasteiger partial charge in [-0.25, -0.2) is 4.98 Å². The number of fused-ring (bicyclic) bond motifs is 1. The van der Waals surface area contributed by atoms with Crippen molar-refractivity contribution in [2.75, 3.05) is 6.54 Å². The molecule has 0 aromatic carbocycles. The fraction of sp³-hybridized carbons (Fsp3) is 0.474. The van der Waals surface area contributed by atoms with Gasteiger partial charge in [0.1, 0.15) is 5.15 Å². The molecular formula is C19H22ClN5O2. The number of halogens is 1. The highest BCUT2D eigenvalue weighted by atomic mass is 35.5. The molecule has 1 aliphatic heterocycles. The lowest BCUT2D eigenvalue weighted by molar-refractivity contribution is 0.0730. The first kappa shape index (κ1) is 18.0. The molecule has 2 aromatic rings. The third-order valence-corrected chi connectivity index (χ3v) is 5.62. The van der Waals surface area contributed by atoms with Crippen LogP contribution in [0.3, 0.4) is 0 Å². The Morgan fingerprint density at radius 3 is 2.81 bits per heavy atom. The number of amides is 2. The fourth-order valence-corrected chi connectivity index (χ4v) is 4.16. The summed E-state index contributed by atoms with van der Waals surface area (Å²) in [6.07, 6.45) is 6.54. The summed E-state index contributed by atoms with van der Waals surface area (Å²) in [4.78, 5) is 31.3. The smallest absolute Gasteiger partial charge is 0.272 e. The third kappa shape index (κ3) is 3.56. The zero-order chi connectivity index (χ0) is 19.0. The van der Waals surface area contributed by atoms with Crippen molar-refractivity contribution in [2.45, 2.75) is 44.7 Å². The number of nitrogens with zero attached hydrogens (tertiary/aromatic N) is 4. The summed E-state index contributed by atoms with van der Waals surface area (Å²) in [5.74, 6) is -0.254. The minimum atomic E-state index is -0.139. The van der Waals surface area contributed by atoms with E-state index in [1.807, 2.05) is 7.05 Å². The SMILES string of the molecule is Cn1nc(C(=O)NC2CCCC2)c2c1CCN(C(=O)c1ccnc(Cl)c1)C2. The molecule has 1 saturated carbocycles. The summed E-state index contributed by atoms with van der Waals surface area (Å²) in [5, 5.41) is 7.84. The number of carbonyl (C=O) groups excluding carboxylic acids is 2. The summed E-state index contributed by atoms with van der Waals surface area (Å²) >= 11 is 5.91. The van der Waals surface area contributed by atoms with E-state index >= 15 is 0 Å². The van der Waals surface area contributed by atoms with E-state index in [0.29, 0.717) is 30.8 Å². The first-order chi connectivity index (χ1) is 13.0. The van der Waals surface area contributed by atoms with E-state index in [-0.39, 0.29) is 23.0 Å². The van der Waals surface area contributed by atoms with Gasteiger partial charge in [-0.1, -0.05) is 24.4 Å². The van der Waals surface area contributed by atoms with Crippen LogP contribution in [0, 0.1) is 0 Å². The number of nitrogens with one attached hydrogen (secondary N) is 1. The topological polar surface area (TPSA) is 80.1 Å². The van der Waals surface area contributed by atoms with Gasteiger partial charge in [-0.3, -0.25) is 14.3 Å². The van der Waals surface area contributed by atoms with Crippen LogP contribution in [0.2, 0.25) is 5.15 Å². The lowest BCUT2D eigenvalue weighted by Crippen LogP contribution is -2.38. The molecule has 2 amide bonds. The van der Waals surface area contributed by atoms with Gasteiger partial charge in [0, 0.05) is 49.1 Å². The summed E-state index contributed by atoms with van der Waals surface area (Å²) in [6.45, 7) is 0.949. The van der Waals surface area contributed by atoms with Gasteiger partial charge in [-0.15, -0.1) is 0 Å². The highest BCUT2D eigenvalue weighted by Gasteiger charge is 2.30. The molecule has 2 aromatic heterocycles. The van der Waals surface area contributed by atoms with Crippen molar-refractivity contribution in [3.8, 4) is 0 Å². The normalized spacial score (nSPS) is 17.0. The molecule has 7 nitrogen and oxygen atoms in total. The molecular weight excluding hydrogens is 366 g/mol. The van der Waals surface area contributed by atoms with Crippen LogP contribution in [0.5, 0.6) is 0 Å². The van der Waals surface area contributed by atoms with Crippen LogP contribution in [0.25, 0.3) is 0 Å². The number of hydrogen-bond acceptors (Lipinski definition) is 4. The molecule has 1 fully saturated rings. The van der Waals surface area contributed by atoms with E-state index in [9.17, 15) is 9.59 Å².